The summed E-state index contributed by atoms with van der Waals surface area (Å²) in [4.78, 5) is -0.927. The van der Waals surface area contributed by atoms with E-state index < -0.39 is 36.4 Å². The van der Waals surface area contributed by atoms with Crippen molar-refractivity contribution in [1.82, 2.24) is 0 Å². The first-order chi connectivity index (χ1) is 11.6. The number of hydrogen-bond acceptors (Lipinski definition) is 5. The Bertz CT molecular complexity index is 1020. The van der Waals surface area contributed by atoms with Gasteiger partial charge in [-0.25, -0.2) is 26.4 Å². The highest BCUT2D eigenvalue weighted by Gasteiger charge is 2.21. The standard InChI is InChI=1S/C15H15FN2O5S2/c1-23-14-8-3-2-5-11(14)9-10-24(19,20)18-13-7-4-6-12(16)15(13)25(17,21)22/h2-10,18H,1H3,(H2,17,21,22)/b10-9+. The van der Waals surface area contributed by atoms with Gasteiger partial charge in [0.2, 0.25) is 10.0 Å². The summed E-state index contributed by atoms with van der Waals surface area (Å²) in [6.45, 7) is 0. The van der Waals surface area contributed by atoms with Gasteiger partial charge in [-0.3, -0.25) is 4.72 Å². The van der Waals surface area contributed by atoms with Crippen LogP contribution >= 0.6 is 0 Å². The Morgan fingerprint density at radius 1 is 1.08 bits per heavy atom. The number of halogens is 1. The average molecular weight is 386 g/mol. The second kappa shape index (κ2) is 7.21. The van der Waals surface area contributed by atoms with Gasteiger partial charge in [0.05, 0.1) is 18.2 Å². The highest BCUT2D eigenvalue weighted by Crippen LogP contribution is 2.25. The van der Waals surface area contributed by atoms with Gasteiger partial charge >= 0.3 is 0 Å². The quantitative estimate of drug-likeness (QED) is 0.787. The molecule has 0 saturated carbocycles. The molecule has 2 aromatic carbocycles. The van der Waals surface area contributed by atoms with E-state index >= 15 is 0 Å². The molecule has 2 aromatic rings. The summed E-state index contributed by atoms with van der Waals surface area (Å²) >= 11 is 0. The van der Waals surface area contributed by atoms with Crippen LogP contribution in [0.5, 0.6) is 5.75 Å². The number of para-hydroxylation sites is 1. The third kappa shape index (κ3) is 4.78. The molecule has 134 valence electrons. The lowest BCUT2D eigenvalue weighted by molar-refractivity contribution is 0.414. The van der Waals surface area contributed by atoms with Crippen molar-refractivity contribution < 1.29 is 26.0 Å². The summed E-state index contributed by atoms with van der Waals surface area (Å²) in [7, 11) is -7.16. The number of ether oxygens (including phenoxy) is 1. The van der Waals surface area contributed by atoms with Crippen molar-refractivity contribution in [3.05, 3.63) is 59.3 Å². The van der Waals surface area contributed by atoms with Crippen LogP contribution in [0.2, 0.25) is 0 Å². The number of nitrogens with one attached hydrogen (secondary N) is 1. The highest BCUT2D eigenvalue weighted by molar-refractivity contribution is 7.95. The molecule has 0 bridgehead atoms. The van der Waals surface area contributed by atoms with Gasteiger partial charge in [0.25, 0.3) is 10.0 Å². The number of hydrogen-bond donors (Lipinski definition) is 2. The molecule has 0 atom stereocenters. The lowest BCUT2D eigenvalue weighted by atomic mass is 10.2. The zero-order valence-corrected chi connectivity index (χ0v) is 14.6. The lowest BCUT2D eigenvalue weighted by Crippen LogP contribution is -2.19. The third-order valence-corrected chi connectivity index (χ3v) is 5.05. The minimum Gasteiger partial charge on any atom is -0.496 e. The fraction of sp³-hybridized carbons (Fsp3) is 0.0667. The number of nitrogens with two attached hydrogens (primary N) is 1. The number of methoxy groups -OCH3 is 1. The van der Waals surface area contributed by atoms with Crippen LogP contribution in [0.15, 0.2) is 52.8 Å². The van der Waals surface area contributed by atoms with Gasteiger partial charge in [-0.1, -0.05) is 24.3 Å². The van der Waals surface area contributed by atoms with Gasteiger partial charge in [0, 0.05) is 5.56 Å². The van der Waals surface area contributed by atoms with E-state index in [1.807, 2.05) is 4.72 Å². The molecule has 0 unspecified atom stereocenters. The van der Waals surface area contributed by atoms with Crippen molar-refractivity contribution >= 4 is 31.8 Å². The van der Waals surface area contributed by atoms with Crippen LogP contribution < -0.4 is 14.6 Å². The molecule has 0 aliphatic rings. The molecule has 3 N–H and O–H groups in total. The lowest BCUT2D eigenvalue weighted by Gasteiger charge is -2.10. The first-order valence-corrected chi connectivity index (χ1v) is 9.88. The maximum absolute atomic E-state index is 13.7. The molecular formula is C15H15FN2O5S2. The van der Waals surface area contributed by atoms with E-state index in [-0.39, 0.29) is 0 Å². The van der Waals surface area contributed by atoms with E-state index in [1.165, 1.54) is 13.2 Å². The van der Waals surface area contributed by atoms with Gasteiger partial charge in [-0.15, -0.1) is 0 Å². The molecule has 0 fully saturated rings. The first kappa shape index (κ1) is 18.9. The maximum Gasteiger partial charge on any atom is 0.255 e. The molecule has 0 aromatic heterocycles. The van der Waals surface area contributed by atoms with Gasteiger partial charge in [-0.2, -0.15) is 0 Å². The van der Waals surface area contributed by atoms with E-state index in [0.29, 0.717) is 11.3 Å². The number of anilines is 1. The molecule has 10 heteroatoms. The molecule has 0 spiro atoms. The van der Waals surface area contributed by atoms with E-state index in [9.17, 15) is 21.2 Å². The van der Waals surface area contributed by atoms with Crippen molar-refractivity contribution in [2.45, 2.75) is 4.90 Å². The summed E-state index contributed by atoms with van der Waals surface area (Å²) in [6.07, 6.45) is 1.26. The topological polar surface area (TPSA) is 116 Å². The highest BCUT2D eigenvalue weighted by atomic mass is 32.2. The van der Waals surface area contributed by atoms with Crippen molar-refractivity contribution in [2.24, 2.45) is 5.14 Å². The molecule has 25 heavy (non-hydrogen) atoms. The Kier molecular flexibility index (Phi) is 5.45. The van der Waals surface area contributed by atoms with E-state index in [1.54, 1.807) is 24.3 Å². The minimum absolute atomic E-state index is 0.449. The van der Waals surface area contributed by atoms with Crippen LogP contribution in [-0.4, -0.2) is 23.9 Å². The number of sulfonamides is 2. The molecule has 7 nitrogen and oxygen atoms in total. The van der Waals surface area contributed by atoms with E-state index in [4.69, 9.17) is 9.88 Å². The maximum atomic E-state index is 13.7. The predicted octanol–water partition coefficient (Wildman–Crippen LogP) is 1.89. The number of rotatable bonds is 6. The second-order valence-electron chi connectivity index (χ2n) is 4.85. The molecule has 0 amide bonds. The predicted molar refractivity (Wildman–Crippen MR) is 92.3 cm³/mol. The average Bonchev–Trinajstić information content (AvgIpc) is 2.51. The SMILES string of the molecule is COc1ccccc1/C=C/S(=O)(=O)Nc1cccc(F)c1S(N)(=O)=O. The minimum atomic E-state index is -4.46. The van der Waals surface area contributed by atoms with Crippen molar-refractivity contribution in [2.75, 3.05) is 11.8 Å². The fourth-order valence-electron chi connectivity index (χ4n) is 2.03. The zero-order chi connectivity index (χ0) is 18.7. The van der Waals surface area contributed by atoms with Gasteiger partial charge in [0.1, 0.15) is 16.5 Å². The van der Waals surface area contributed by atoms with Crippen LogP contribution in [0.3, 0.4) is 0 Å². The van der Waals surface area contributed by atoms with Crippen molar-refractivity contribution in [3.63, 3.8) is 0 Å². The third-order valence-electron chi connectivity index (χ3n) is 3.07. The molecular weight excluding hydrogens is 371 g/mol. The summed E-state index contributed by atoms with van der Waals surface area (Å²) < 4.78 is 68.1. The monoisotopic (exact) mass is 386 g/mol. The Hall–Kier alpha value is -2.43. The molecule has 0 radical (unpaired) electrons. The van der Waals surface area contributed by atoms with Gasteiger partial charge in [0.15, 0.2) is 0 Å². The molecule has 2 rings (SSSR count). The van der Waals surface area contributed by atoms with Crippen LogP contribution in [-0.2, 0) is 20.0 Å². The summed E-state index contributed by atoms with van der Waals surface area (Å²) in [5.74, 6) is -0.707. The van der Waals surface area contributed by atoms with Crippen LogP contribution in [0.4, 0.5) is 10.1 Å². The Balaban J connectivity index is 2.38. The Morgan fingerprint density at radius 2 is 1.76 bits per heavy atom. The van der Waals surface area contributed by atoms with Gasteiger partial charge < -0.3 is 4.74 Å². The van der Waals surface area contributed by atoms with Crippen LogP contribution in [0.1, 0.15) is 5.56 Å². The summed E-state index contributed by atoms with van der Waals surface area (Å²) in [6, 6.07) is 9.79. The van der Waals surface area contributed by atoms with Gasteiger partial charge in [-0.05, 0) is 24.3 Å². The molecule has 0 aliphatic heterocycles. The summed E-state index contributed by atoms with van der Waals surface area (Å²) in [5.41, 5.74) is 0.00784. The van der Waals surface area contributed by atoms with Crippen molar-refractivity contribution in [3.8, 4) is 5.75 Å². The molecule has 0 heterocycles. The summed E-state index contributed by atoms with van der Waals surface area (Å²) in [5, 5.41) is 5.75. The van der Waals surface area contributed by atoms with E-state index in [0.717, 1.165) is 23.6 Å². The second-order valence-corrected chi connectivity index (χ2v) is 7.92. The van der Waals surface area contributed by atoms with Crippen LogP contribution in [0.25, 0.3) is 6.08 Å². The Labute approximate surface area is 145 Å². The molecule has 0 aliphatic carbocycles. The fourth-order valence-corrected chi connectivity index (χ4v) is 3.73. The smallest absolute Gasteiger partial charge is 0.255 e. The largest absolute Gasteiger partial charge is 0.496 e. The molecule has 0 saturated heterocycles. The number of primary sulfonamides is 1. The van der Waals surface area contributed by atoms with Crippen LogP contribution in [0, 0.1) is 5.82 Å². The zero-order valence-electron chi connectivity index (χ0n) is 13.0. The first-order valence-electron chi connectivity index (χ1n) is 6.79. The normalized spacial score (nSPS) is 12.3. The number of benzene rings is 2. The van der Waals surface area contributed by atoms with E-state index in [2.05, 4.69) is 0 Å². The Morgan fingerprint density at radius 3 is 2.40 bits per heavy atom. The van der Waals surface area contributed by atoms with Crippen molar-refractivity contribution in [1.29, 1.82) is 0 Å².